The van der Waals surface area contributed by atoms with Gasteiger partial charge in [0, 0.05) is 22.9 Å². The summed E-state index contributed by atoms with van der Waals surface area (Å²) in [6, 6.07) is 19.7. The van der Waals surface area contributed by atoms with Crippen LogP contribution in [0.4, 0.5) is 17.1 Å². The van der Waals surface area contributed by atoms with Crippen LogP contribution in [0, 0.1) is 17.0 Å². The number of nitro benzene ring substituents is 1. The van der Waals surface area contributed by atoms with Crippen LogP contribution in [-0.4, -0.2) is 16.7 Å². The number of hydrogen-bond donors (Lipinski definition) is 2. The third-order valence-electron chi connectivity index (χ3n) is 4.17. The standard InChI is InChI=1S/C21H17N3O4/c1-14-18(11-6-12-19(14)24(27)28)23-21(26)16-9-5-10-17(13-16)22-20(25)15-7-3-2-4-8-15/h2-13H,1H3,(H,22,25)(H,23,26). The van der Waals surface area contributed by atoms with Crippen molar-refractivity contribution in [2.45, 2.75) is 6.92 Å². The van der Waals surface area contributed by atoms with Gasteiger partial charge in [-0.15, -0.1) is 0 Å². The molecule has 3 aromatic carbocycles. The van der Waals surface area contributed by atoms with Crippen LogP contribution in [0.15, 0.2) is 72.8 Å². The van der Waals surface area contributed by atoms with E-state index in [1.807, 2.05) is 6.07 Å². The van der Waals surface area contributed by atoms with Gasteiger partial charge in [-0.05, 0) is 43.3 Å². The van der Waals surface area contributed by atoms with E-state index in [1.54, 1.807) is 61.5 Å². The highest BCUT2D eigenvalue weighted by Gasteiger charge is 2.16. The summed E-state index contributed by atoms with van der Waals surface area (Å²) in [6.45, 7) is 1.57. The first kappa shape index (κ1) is 18.8. The van der Waals surface area contributed by atoms with E-state index in [4.69, 9.17) is 0 Å². The fraction of sp³-hybridized carbons (Fsp3) is 0.0476. The molecule has 2 amide bonds. The molecule has 0 bridgehead atoms. The molecule has 28 heavy (non-hydrogen) atoms. The smallest absolute Gasteiger partial charge is 0.274 e. The zero-order valence-electron chi connectivity index (χ0n) is 15.0. The van der Waals surface area contributed by atoms with E-state index in [0.717, 1.165) is 0 Å². The summed E-state index contributed by atoms with van der Waals surface area (Å²) in [5.41, 5.74) is 1.95. The van der Waals surface area contributed by atoms with Gasteiger partial charge < -0.3 is 10.6 Å². The first-order valence-electron chi connectivity index (χ1n) is 8.47. The number of nitro groups is 1. The minimum Gasteiger partial charge on any atom is -0.322 e. The van der Waals surface area contributed by atoms with E-state index in [9.17, 15) is 19.7 Å². The molecule has 7 heteroatoms. The molecular formula is C21H17N3O4. The Bertz CT molecular complexity index is 1050. The molecule has 3 aromatic rings. The predicted octanol–water partition coefficient (Wildman–Crippen LogP) is 4.41. The average molecular weight is 375 g/mol. The number of benzene rings is 3. The van der Waals surface area contributed by atoms with Crippen molar-refractivity contribution in [2.75, 3.05) is 10.6 Å². The quantitative estimate of drug-likeness (QED) is 0.509. The number of rotatable bonds is 5. The molecule has 0 radical (unpaired) electrons. The Kier molecular flexibility index (Phi) is 5.45. The van der Waals surface area contributed by atoms with Crippen LogP contribution in [0.25, 0.3) is 0 Å². The highest BCUT2D eigenvalue weighted by molar-refractivity contribution is 6.07. The minimum atomic E-state index is -0.495. The van der Waals surface area contributed by atoms with Crippen molar-refractivity contribution in [1.29, 1.82) is 0 Å². The molecule has 0 aliphatic rings. The van der Waals surface area contributed by atoms with E-state index in [-0.39, 0.29) is 11.6 Å². The second-order valence-corrected chi connectivity index (χ2v) is 6.06. The van der Waals surface area contributed by atoms with Gasteiger partial charge in [-0.25, -0.2) is 0 Å². The van der Waals surface area contributed by atoms with Gasteiger partial charge in [0.25, 0.3) is 17.5 Å². The number of carbonyl (C=O) groups is 2. The monoisotopic (exact) mass is 375 g/mol. The lowest BCUT2D eigenvalue weighted by Crippen LogP contribution is -2.15. The Morgan fingerprint density at radius 1 is 0.821 bits per heavy atom. The Morgan fingerprint density at radius 2 is 1.46 bits per heavy atom. The van der Waals surface area contributed by atoms with Crippen LogP contribution in [-0.2, 0) is 0 Å². The third-order valence-corrected chi connectivity index (χ3v) is 4.17. The molecular weight excluding hydrogens is 358 g/mol. The maximum absolute atomic E-state index is 12.6. The minimum absolute atomic E-state index is 0.0679. The Morgan fingerprint density at radius 3 is 2.18 bits per heavy atom. The van der Waals surface area contributed by atoms with Crippen molar-refractivity contribution in [1.82, 2.24) is 0 Å². The van der Waals surface area contributed by atoms with E-state index in [0.29, 0.717) is 28.1 Å². The highest BCUT2D eigenvalue weighted by atomic mass is 16.6. The van der Waals surface area contributed by atoms with Gasteiger partial charge >= 0.3 is 0 Å². The highest BCUT2D eigenvalue weighted by Crippen LogP contribution is 2.25. The number of amides is 2. The average Bonchev–Trinajstić information content (AvgIpc) is 2.70. The van der Waals surface area contributed by atoms with Crippen LogP contribution in [0.1, 0.15) is 26.3 Å². The zero-order chi connectivity index (χ0) is 20.1. The molecule has 0 unspecified atom stereocenters. The van der Waals surface area contributed by atoms with Crippen LogP contribution >= 0.6 is 0 Å². The number of carbonyl (C=O) groups excluding carboxylic acids is 2. The summed E-state index contributed by atoms with van der Waals surface area (Å²) in [7, 11) is 0. The molecule has 0 aliphatic carbocycles. The van der Waals surface area contributed by atoms with E-state index >= 15 is 0 Å². The number of nitrogens with one attached hydrogen (secondary N) is 2. The Hall–Kier alpha value is -4.00. The van der Waals surface area contributed by atoms with Crippen LogP contribution in [0.5, 0.6) is 0 Å². The lowest BCUT2D eigenvalue weighted by molar-refractivity contribution is -0.385. The zero-order valence-corrected chi connectivity index (χ0v) is 15.0. The van der Waals surface area contributed by atoms with E-state index in [2.05, 4.69) is 10.6 Å². The summed E-state index contributed by atoms with van der Waals surface area (Å²) >= 11 is 0. The fourth-order valence-electron chi connectivity index (χ4n) is 2.68. The summed E-state index contributed by atoms with van der Waals surface area (Å²) in [5.74, 6) is -0.716. The molecule has 0 saturated heterocycles. The first-order valence-corrected chi connectivity index (χ1v) is 8.47. The summed E-state index contributed by atoms with van der Waals surface area (Å²) in [6.07, 6.45) is 0. The second kappa shape index (κ2) is 8.13. The van der Waals surface area contributed by atoms with Gasteiger partial charge in [0.05, 0.1) is 16.2 Å². The third kappa shape index (κ3) is 4.21. The Balaban J connectivity index is 1.77. The summed E-state index contributed by atoms with van der Waals surface area (Å²) < 4.78 is 0. The molecule has 0 aromatic heterocycles. The van der Waals surface area contributed by atoms with Gasteiger partial charge in [0.2, 0.25) is 0 Å². The molecule has 0 saturated carbocycles. The van der Waals surface area contributed by atoms with E-state index in [1.165, 1.54) is 12.1 Å². The van der Waals surface area contributed by atoms with Crippen molar-refractivity contribution < 1.29 is 14.5 Å². The number of anilines is 2. The van der Waals surface area contributed by atoms with Gasteiger partial charge in [-0.3, -0.25) is 19.7 Å². The van der Waals surface area contributed by atoms with Crippen molar-refractivity contribution in [3.05, 3.63) is 99.6 Å². The normalized spacial score (nSPS) is 10.2. The van der Waals surface area contributed by atoms with E-state index < -0.39 is 10.8 Å². The molecule has 3 rings (SSSR count). The lowest BCUT2D eigenvalue weighted by atomic mass is 10.1. The molecule has 0 heterocycles. The summed E-state index contributed by atoms with van der Waals surface area (Å²) in [4.78, 5) is 35.4. The SMILES string of the molecule is Cc1c(NC(=O)c2cccc(NC(=O)c3ccccc3)c2)cccc1[N+](=O)[O-]. The van der Waals surface area contributed by atoms with Gasteiger partial charge in [0.15, 0.2) is 0 Å². The first-order chi connectivity index (χ1) is 13.5. The van der Waals surface area contributed by atoms with Gasteiger partial charge in [0.1, 0.15) is 0 Å². The molecule has 0 fully saturated rings. The molecule has 7 nitrogen and oxygen atoms in total. The second-order valence-electron chi connectivity index (χ2n) is 6.06. The largest absolute Gasteiger partial charge is 0.322 e. The fourth-order valence-corrected chi connectivity index (χ4v) is 2.68. The number of hydrogen-bond acceptors (Lipinski definition) is 4. The van der Waals surface area contributed by atoms with Crippen molar-refractivity contribution >= 4 is 28.9 Å². The molecule has 140 valence electrons. The van der Waals surface area contributed by atoms with Crippen molar-refractivity contribution in [3.63, 3.8) is 0 Å². The van der Waals surface area contributed by atoms with Crippen molar-refractivity contribution in [3.8, 4) is 0 Å². The molecule has 0 atom stereocenters. The predicted molar refractivity (Wildman–Crippen MR) is 107 cm³/mol. The molecule has 0 aliphatic heterocycles. The van der Waals surface area contributed by atoms with Crippen molar-refractivity contribution in [2.24, 2.45) is 0 Å². The maximum Gasteiger partial charge on any atom is 0.274 e. The van der Waals surface area contributed by atoms with Gasteiger partial charge in [-0.2, -0.15) is 0 Å². The van der Waals surface area contributed by atoms with Crippen LogP contribution in [0.2, 0.25) is 0 Å². The summed E-state index contributed by atoms with van der Waals surface area (Å²) in [5, 5.41) is 16.5. The van der Waals surface area contributed by atoms with Gasteiger partial charge in [-0.1, -0.05) is 30.3 Å². The molecule has 0 spiro atoms. The van der Waals surface area contributed by atoms with Crippen LogP contribution < -0.4 is 10.6 Å². The lowest BCUT2D eigenvalue weighted by Gasteiger charge is -2.10. The van der Waals surface area contributed by atoms with Crippen LogP contribution in [0.3, 0.4) is 0 Å². The number of nitrogens with zero attached hydrogens (tertiary/aromatic N) is 1. The maximum atomic E-state index is 12.6. The Labute approximate surface area is 161 Å². The molecule has 2 N–H and O–H groups in total. The topological polar surface area (TPSA) is 101 Å².